The van der Waals surface area contributed by atoms with Gasteiger partial charge in [-0.25, -0.2) is 0 Å². The predicted molar refractivity (Wildman–Crippen MR) is 56.5 cm³/mol. The second kappa shape index (κ2) is 6.93. The normalized spacial score (nSPS) is 10.9. The summed E-state index contributed by atoms with van der Waals surface area (Å²) in [5.74, 6) is 1.31. The highest BCUT2D eigenvalue weighted by Gasteiger charge is 2.07. The van der Waals surface area contributed by atoms with Crippen molar-refractivity contribution in [2.75, 3.05) is 6.54 Å². The highest BCUT2D eigenvalue weighted by molar-refractivity contribution is 5.76. The molecule has 2 nitrogen and oxygen atoms in total. The van der Waals surface area contributed by atoms with E-state index in [0.717, 1.165) is 19.4 Å². The lowest BCUT2D eigenvalue weighted by molar-refractivity contribution is -0.121. The molecule has 0 aliphatic carbocycles. The van der Waals surface area contributed by atoms with Gasteiger partial charge in [0.25, 0.3) is 0 Å². The Bertz CT molecular complexity index is 139. The molecule has 0 aromatic heterocycles. The first-order valence-electron chi connectivity index (χ1n) is 5.36. The highest BCUT2D eigenvalue weighted by atomic mass is 16.1. The van der Waals surface area contributed by atoms with Gasteiger partial charge in [0.1, 0.15) is 0 Å². The van der Waals surface area contributed by atoms with Gasteiger partial charge >= 0.3 is 0 Å². The van der Waals surface area contributed by atoms with E-state index < -0.39 is 0 Å². The molecule has 1 N–H and O–H groups in total. The molecule has 0 radical (unpaired) electrons. The van der Waals surface area contributed by atoms with Crippen LogP contribution in [0.3, 0.4) is 0 Å². The summed E-state index contributed by atoms with van der Waals surface area (Å²) in [7, 11) is 0. The Kier molecular flexibility index (Phi) is 6.65. The molecule has 0 saturated heterocycles. The summed E-state index contributed by atoms with van der Waals surface area (Å²) in [4.78, 5) is 11.3. The number of hydrogen-bond donors (Lipinski definition) is 1. The zero-order chi connectivity index (χ0) is 10.3. The lowest BCUT2D eigenvalue weighted by Gasteiger charge is -2.13. The van der Waals surface area contributed by atoms with Crippen LogP contribution in [0.5, 0.6) is 0 Å². The molecule has 0 rings (SSSR count). The molecule has 0 aliphatic rings. The summed E-state index contributed by atoms with van der Waals surface area (Å²) < 4.78 is 0. The van der Waals surface area contributed by atoms with Gasteiger partial charge in [-0.05, 0) is 11.8 Å². The summed E-state index contributed by atoms with van der Waals surface area (Å²) in [5.41, 5.74) is 0. The fourth-order valence-electron chi connectivity index (χ4n) is 1.28. The highest BCUT2D eigenvalue weighted by Crippen LogP contribution is 2.05. The van der Waals surface area contributed by atoms with E-state index in [1.807, 2.05) is 0 Å². The molecule has 0 spiro atoms. The van der Waals surface area contributed by atoms with Gasteiger partial charge < -0.3 is 5.32 Å². The molecule has 0 unspecified atom stereocenters. The molecule has 0 atom stereocenters. The molecule has 0 aromatic rings. The van der Waals surface area contributed by atoms with Crippen molar-refractivity contribution in [3.05, 3.63) is 0 Å². The van der Waals surface area contributed by atoms with Crippen LogP contribution in [0, 0.1) is 11.8 Å². The van der Waals surface area contributed by atoms with Crippen LogP contribution in [-0.2, 0) is 4.79 Å². The predicted octanol–water partition coefficient (Wildman–Crippen LogP) is 2.58. The van der Waals surface area contributed by atoms with Crippen LogP contribution in [0.2, 0.25) is 0 Å². The minimum Gasteiger partial charge on any atom is -0.356 e. The number of amides is 1. The van der Waals surface area contributed by atoms with E-state index in [-0.39, 0.29) is 5.91 Å². The van der Waals surface area contributed by atoms with Gasteiger partial charge in [-0.15, -0.1) is 0 Å². The van der Waals surface area contributed by atoms with Crippen LogP contribution in [0.15, 0.2) is 0 Å². The van der Waals surface area contributed by atoms with Gasteiger partial charge in [0.15, 0.2) is 0 Å². The van der Waals surface area contributed by atoms with Crippen molar-refractivity contribution in [2.45, 2.75) is 47.0 Å². The maximum absolute atomic E-state index is 11.3. The van der Waals surface area contributed by atoms with Crippen LogP contribution >= 0.6 is 0 Å². The second-order valence-electron chi connectivity index (χ2n) is 4.08. The van der Waals surface area contributed by atoms with E-state index in [4.69, 9.17) is 0 Å². The molecule has 78 valence electrons. The largest absolute Gasteiger partial charge is 0.356 e. The molecule has 0 aliphatic heterocycles. The molecule has 1 amide bonds. The van der Waals surface area contributed by atoms with Crippen molar-refractivity contribution < 1.29 is 4.79 Å². The fraction of sp³-hybridized carbons (Fsp3) is 0.909. The first-order chi connectivity index (χ1) is 6.10. The summed E-state index contributed by atoms with van der Waals surface area (Å²) in [6, 6.07) is 0. The van der Waals surface area contributed by atoms with Crippen molar-refractivity contribution >= 4 is 5.91 Å². The van der Waals surface area contributed by atoms with Crippen molar-refractivity contribution in [1.29, 1.82) is 0 Å². The minimum absolute atomic E-state index is 0.196. The van der Waals surface area contributed by atoms with Crippen LogP contribution in [0.4, 0.5) is 0 Å². The van der Waals surface area contributed by atoms with E-state index in [1.165, 1.54) is 0 Å². The number of carbonyl (C=O) groups is 1. The summed E-state index contributed by atoms with van der Waals surface area (Å²) in [5, 5.41) is 2.98. The number of carbonyl (C=O) groups excluding carboxylic acids is 1. The lowest BCUT2D eigenvalue weighted by Crippen LogP contribution is -2.29. The van der Waals surface area contributed by atoms with Crippen molar-refractivity contribution in [2.24, 2.45) is 11.8 Å². The first-order valence-corrected chi connectivity index (χ1v) is 5.36. The summed E-state index contributed by atoms with van der Waals surface area (Å²) in [6.45, 7) is 9.32. The van der Waals surface area contributed by atoms with Crippen LogP contribution in [0.1, 0.15) is 47.0 Å². The smallest absolute Gasteiger partial charge is 0.220 e. The SMILES string of the molecule is CCC(CC)CNC(=O)CC(C)C. The Morgan fingerprint density at radius 2 is 1.77 bits per heavy atom. The third-order valence-corrected chi connectivity index (χ3v) is 2.34. The van der Waals surface area contributed by atoms with Crippen molar-refractivity contribution in [1.82, 2.24) is 5.32 Å². The van der Waals surface area contributed by atoms with Gasteiger partial charge in [0.05, 0.1) is 0 Å². The molecular weight excluding hydrogens is 162 g/mol. The van der Waals surface area contributed by atoms with Gasteiger partial charge in [-0.3, -0.25) is 4.79 Å². The Morgan fingerprint density at radius 1 is 1.23 bits per heavy atom. The average molecular weight is 185 g/mol. The second-order valence-corrected chi connectivity index (χ2v) is 4.08. The third kappa shape index (κ3) is 6.62. The minimum atomic E-state index is 0.196. The monoisotopic (exact) mass is 185 g/mol. The van der Waals surface area contributed by atoms with Crippen molar-refractivity contribution in [3.63, 3.8) is 0 Å². The van der Waals surface area contributed by atoms with Crippen LogP contribution in [0.25, 0.3) is 0 Å². The van der Waals surface area contributed by atoms with E-state index in [9.17, 15) is 4.79 Å². The lowest BCUT2D eigenvalue weighted by atomic mass is 10.0. The Hall–Kier alpha value is -0.530. The van der Waals surface area contributed by atoms with Gasteiger partial charge in [-0.2, -0.15) is 0 Å². The van der Waals surface area contributed by atoms with E-state index in [1.54, 1.807) is 0 Å². The van der Waals surface area contributed by atoms with Gasteiger partial charge in [0, 0.05) is 13.0 Å². The van der Waals surface area contributed by atoms with Gasteiger partial charge in [0.2, 0.25) is 5.91 Å². The molecule has 0 heterocycles. The maximum Gasteiger partial charge on any atom is 0.220 e. The summed E-state index contributed by atoms with van der Waals surface area (Å²) in [6.07, 6.45) is 2.96. The molecule has 0 aromatic carbocycles. The maximum atomic E-state index is 11.3. The summed E-state index contributed by atoms with van der Waals surface area (Å²) >= 11 is 0. The number of hydrogen-bond acceptors (Lipinski definition) is 1. The first kappa shape index (κ1) is 12.5. The molecule has 0 bridgehead atoms. The standard InChI is InChI=1S/C11H23NO/c1-5-10(6-2)8-12-11(13)7-9(3)4/h9-10H,5-8H2,1-4H3,(H,12,13). The fourth-order valence-corrected chi connectivity index (χ4v) is 1.28. The van der Waals surface area contributed by atoms with Gasteiger partial charge in [-0.1, -0.05) is 40.5 Å². The number of rotatable bonds is 6. The number of nitrogens with one attached hydrogen (secondary N) is 1. The molecule has 13 heavy (non-hydrogen) atoms. The zero-order valence-electron chi connectivity index (χ0n) is 9.39. The van der Waals surface area contributed by atoms with Crippen molar-refractivity contribution in [3.8, 4) is 0 Å². The van der Waals surface area contributed by atoms with Crippen LogP contribution < -0.4 is 5.32 Å². The van der Waals surface area contributed by atoms with E-state index in [2.05, 4.69) is 33.0 Å². The Balaban J connectivity index is 3.56. The topological polar surface area (TPSA) is 29.1 Å². The van der Waals surface area contributed by atoms with E-state index >= 15 is 0 Å². The molecule has 2 heteroatoms. The quantitative estimate of drug-likeness (QED) is 0.677. The molecular formula is C11H23NO. The average Bonchev–Trinajstić information content (AvgIpc) is 2.05. The molecule has 0 fully saturated rings. The third-order valence-electron chi connectivity index (χ3n) is 2.34. The molecule has 0 saturated carbocycles. The van der Waals surface area contributed by atoms with Crippen LogP contribution in [-0.4, -0.2) is 12.5 Å². The zero-order valence-corrected chi connectivity index (χ0v) is 9.39. The Morgan fingerprint density at radius 3 is 2.15 bits per heavy atom. The Labute approximate surface area is 82.1 Å². The van der Waals surface area contributed by atoms with E-state index in [0.29, 0.717) is 18.3 Å².